The van der Waals surface area contributed by atoms with Gasteiger partial charge in [0.05, 0.1) is 11.6 Å². The van der Waals surface area contributed by atoms with Crippen molar-refractivity contribution in [3.63, 3.8) is 0 Å². The number of benzene rings is 1. The van der Waals surface area contributed by atoms with Crippen molar-refractivity contribution in [2.24, 2.45) is 0 Å². The van der Waals surface area contributed by atoms with E-state index in [0.29, 0.717) is 5.56 Å². The Bertz CT molecular complexity index is 368. The summed E-state index contributed by atoms with van der Waals surface area (Å²) in [5.41, 5.74) is 0.582. The van der Waals surface area contributed by atoms with Gasteiger partial charge in [0.25, 0.3) is 0 Å². The molecule has 1 N–H and O–H groups in total. The second kappa shape index (κ2) is 6.09. The number of rotatable bonds is 5. The molecule has 1 aromatic rings. The van der Waals surface area contributed by atoms with E-state index in [-0.39, 0.29) is 17.4 Å². The third-order valence-corrected chi connectivity index (χ3v) is 2.04. The largest absolute Gasteiger partial charge is 0.466 e. The monoisotopic (exact) mass is 270 g/mol. The molecule has 0 amide bonds. The second-order valence-electron chi connectivity index (χ2n) is 3.15. The van der Waals surface area contributed by atoms with E-state index in [1.54, 1.807) is 6.07 Å². The molecule has 0 saturated carbocycles. The Kier molecular flexibility index (Phi) is 5.04. The van der Waals surface area contributed by atoms with Crippen LogP contribution >= 0.6 is 11.6 Å². The normalized spacial score (nSPS) is 11.6. The standard InChI is InChI=1S/C10H10ClF3O3/c11-8-3-7(4-15)1-2-9(8)17-6-16-5-10(12,13)14/h1-3,15H,4-6H2. The summed E-state index contributed by atoms with van der Waals surface area (Å²) < 4.78 is 44.3. The van der Waals surface area contributed by atoms with Crippen LogP contribution in [0.5, 0.6) is 5.75 Å². The van der Waals surface area contributed by atoms with Crippen LogP contribution in [-0.2, 0) is 11.3 Å². The molecule has 3 nitrogen and oxygen atoms in total. The van der Waals surface area contributed by atoms with E-state index < -0.39 is 19.6 Å². The molecule has 17 heavy (non-hydrogen) atoms. The highest BCUT2D eigenvalue weighted by molar-refractivity contribution is 6.32. The highest BCUT2D eigenvalue weighted by Crippen LogP contribution is 2.25. The molecule has 0 fully saturated rings. The lowest BCUT2D eigenvalue weighted by Crippen LogP contribution is -2.19. The Balaban J connectivity index is 2.42. The molecule has 7 heteroatoms. The smallest absolute Gasteiger partial charge is 0.411 e. The summed E-state index contributed by atoms with van der Waals surface area (Å²) in [4.78, 5) is 0. The molecule has 0 spiro atoms. The SMILES string of the molecule is OCc1ccc(OCOCC(F)(F)F)c(Cl)c1. The van der Waals surface area contributed by atoms with Gasteiger partial charge in [-0.15, -0.1) is 0 Å². The van der Waals surface area contributed by atoms with Crippen LogP contribution in [0.15, 0.2) is 18.2 Å². The first-order valence-corrected chi connectivity index (χ1v) is 4.97. The van der Waals surface area contributed by atoms with Crippen LogP contribution in [0.3, 0.4) is 0 Å². The molecule has 0 aliphatic heterocycles. The summed E-state index contributed by atoms with van der Waals surface area (Å²) in [6.45, 7) is -2.10. The summed E-state index contributed by atoms with van der Waals surface area (Å²) in [5, 5.41) is 9.01. The molecule has 0 aliphatic carbocycles. The first-order valence-electron chi connectivity index (χ1n) is 4.59. The molecule has 1 aromatic carbocycles. The molecular formula is C10H10ClF3O3. The van der Waals surface area contributed by atoms with Crippen LogP contribution in [0.2, 0.25) is 5.02 Å². The van der Waals surface area contributed by atoms with Crippen LogP contribution in [0.1, 0.15) is 5.56 Å². The van der Waals surface area contributed by atoms with Crippen molar-refractivity contribution in [2.45, 2.75) is 12.8 Å². The zero-order valence-electron chi connectivity index (χ0n) is 8.63. The van der Waals surface area contributed by atoms with Crippen molar-refractivity contribution < 1.29 is 27.8 Å². The van der Waals surface area contributed by atoms with Crippen molar-refractivity contribution >= 4 is 11.6 Å². The van der Waals surface area contributed by atoms with Gasteiger partial charge in [-0.25, -0.2) is 0 Å². The Morgan fingerprint density at radius 1 is 1.29 bits per heavy atom. The first-order chi connectivity index (χ1) is 7.92. The Morgan fingerprint density at radius 3 is 2.53 bits per heavy atom. The molecule has 96 valence electrons. The van der Waals surface area contributed by atoms with Gasteiger partial charge in [-0.2, -0.15) is 13.2 Å². The van der Waals surface area contributed by atoms with Crippen LogP contribution < -0.4 is 4.74 Å². The van der Waals surface area contributed by atoms with Gasteiger partial charge >= 0.3 is 6.18 Å². The molecule has 1 rings (SSSR count). The maximum Gasteiger partial charge on any atom is 0.411 e. The fraction of sp³-hybridized carbons (Fsp3) is 0.400. The lowest BCUT2D eigenvalue weighted by molar-refractivity contribution is -0.186. The molecule has 0 heterocycles. The highest BCUT2D eigenvalue weighted by Gasteiger charge is 2.27. The number of halogens is 4. The minimum atomic E-state index is -4.38. The molecule has 0 bridgehead atoms. The quantitative estimate of drug-likeness (QED) is 0.660. The van der Waals surface area contributed by atoms with Gasteiger partial charge in [0.15, 0.2) is 6.79 Å². The predicted octanol–water partition coefficient (Wildman–Crippen LogP) is 2.75. The third-order valence-electron chi connectivity index (χ3n) is 1.74. The van der Waals surface area contributed by atoms with E-state index in [9.17, 15) is 13.2 Å². The minimum Gasteiger partial charge on any atom is -0.466 e. The van der Waals surface area contributed by atoms with Crippen LogP contribution in [0.4, 0.5) is 13.2 Å². The van der Waals surface area contributed by atoms with E-state index in [2.05, 4.69) is 4.74 Å². The maximum absolute atomic E-state index is 11.7. The van der Waals surface area contributed by atoms with E-state index in [1.165, 1.54) is 12.1 Å². The lowest BCUT2D eigenvalue weighted by atomic mass is 10.2. The maximum atomic E-state index is 11.7. The summed E-state index contributed by atoms with van der Waals surface area (Å²) in [7, 11) is 0. The molecular weight excluding hydrogens is 261 g/mol. The molecule has 0 atom stereocenters. The lowest BCUT2D eigenvalue weighted by Gasteiger charge is -2.10. The van der Waals surface area contributed by atoms with Gasteiger partial charge < -0.3 is 14.6 Å². The van der Waals surface area contributed by atoms with Gasteiger partial charge in [-0.3, -0.25) is 0 Å². The number of hydrogen-bond donors (Lipinski definition) is 1. The number of alkyl halides is 3. The molecule has 0 unspecified atom stereocenters. The van der Waals surface area contributed by atoms with Gasteiger partial charge in [0, 0.05) is 0 Å². The average molecular weight is 271 g/mol. The molecule has 0 radical (unpaired) electrons. The van der Waals surface area contributed by atoms with Crippen molar-refractivity contribution in [1.29, 1.82) is 0 Å². The van der Waals surface area contributed by atoms with Crippen molar-refractivity contribution in [3.8, 4) is 5.75 Å². The fourth-order valence-electron chi connectivity index (χ4n) is 1.02. The van der Waals surface area contributed by atoms with E-state index in [4.69, 9.17) is 21.4 Å². The zero-order chi connectivity index (χ0) is 12.9. The van der Waals surface area contributed by atoms with Gasteiger partial charge in [0.2, 0.25) is 0 Å². The topological polar surface area (TPSA) is 38.7 Å². The van der Waals surface area contributed by atoms with Crippen molar-refractivity contribution in [3.05, 3.63) is 28.8 Å². The first kappa shape index (κ1) is 14.1. The van der Waals surface area contributed by atoms with Crippen LogP contribution in [0, 0.1) is 0 Å². The summed E-state index contributed by atoms with van der Waals surface area (Å²) in [6.07, 6.45) is -4.38. The Morgan fingerprint density at radius 2 is 2.00 bits per heavy atom. The van der Waals surface area contributed by atoms with Gasteiger partial charge in [0.1, 0.15) is 12.4 Å². The molecule has 0 saturated heterocycles. The summed E-state index contributed by atoms with van der Waals surface area (Å²) >= 11 is 5.76. The minimum absolute atomic E-state index is 0.176. The van der Waals surface area contributed by atoms with Gasteiger partial charge in [-0.05, 0) is 17.7 Å². The molecule has 0 aromatic heterocycles. The predicted molar refractivity (Wildman–Crippen MR) is 54.9 cm³/mol. The fourth-order valence-corrected chi connectivity index (χ4v) is 1.28. The van der Waals surface area contributed by atoms with Gasteiger partial charge in [-0.1, -0.05) is 17.7 Å². The molecule has 0 aliphatic rings. The summed E-state index contributed by atoms with van der Waals surface area (Å²) in [5.74, 6) is 0.200. The summed E-state index contributed by atoms with van der Waals surface area (Å²) in [6, 6.07) is 4.45. The average Bonchev–Trinajstić information content (AvgIpc) is 2.24. The van der Waals surface area contributed by atoms with E-state index >= 15 is 0 Å². The second-order valence-corrected chi connectivity index (χ2v) is 3.56. The number of hydrogen-bond acceptors (Lipinski definition) is 3. The van der Waals surface area contributed by atoms with Crippen molar-refractivity contribution in [1.82, 2.24) is 0 Å². The zero-order valence-corrected chi connectivity index (χ0v) is 9.38. The highest BCUT2D eigenvalue weighted by atomic mass is 35.5. The number of aliphatic hydroxyl groups excluding tert-OH is 1. The Labute approximate surface area is 101 Å². The van der Waals surface area contributed by atoms with Crippen LogP contribution in [0.25, 0.3) is 0 Å². The van der Waals surface area contributed by atoms with E-state index in [0.717, 1.165) is 0 Å². The van der Waals surface area contributed by atoms with E-state index in [1.807, 2.05) is 0 Å². The number of ether oxygens (including phenoxy) is 2. The number of aliphatic hydroxyl groups is 1. The Hall–Kier alpha value is -0.980. The third kappa shape index (κ3) is 5.25. The van der Waals surface area contributed by atoms with Crippen molar-refractivity contribution in [2.75, 3.05) is 13.4 Å². The van der Waals surface area contributed by atoms with Crippen LogP contribution in [-0.4, -0.2) is 24.7 Å².